The van der Waals surface area contributed by atoms with Crippen molar-refractivity contribution in [3.8, 4) is 0 Å². The fourth-order valence-electron chi connectivity index (χ4n) is 1.67. The van der Waals surface area contributed by atoms with Crippen LogP contribution in [0, 0.1) is 0 Å². The van der Waals surface area contributed by atoms with Gasteiger partial charge in [0, 0.05) is 4.47 Å². The molecule has 0 spiro atoms. The largest absolute Gasteiger partial charge is 0.0608 e. The maximum Gasteiger partial charge on any atom is 0.0212 e. The molecule has 0 saturated heterocycles. The van der Waals surface area contributed by atoms with E-state index in [9.17, 15) is 0 Å². The Morgan fingerprint density at radius 1 is 1.00 bits per heavy atom. The molecule has 0 heterocycles. The average molecular weight is 241 g/mol. The molecule has 0 aliphatic carbocycles. The Balaban J connectivity index is 3.26. The van der Waals surface area contributed by atoms with Crippen LogP contribution in [0.1, 0.15) is 50.7 Å². The van der Waals surface area contributed by atoms with Crippen molar-refractivity contribution in [1.29, 1.82) is 0 Å². The summed E-state index contributed by atoms with van der Waals surface area (Å²) in [6.07, 6.45) is 0. The van der Waals surface area contributed by atoms with Crippen LogP contribution >= 0.6 is 15.9 Å². The van der Waals surface area contributed by atoms with Crippen LogP contribution in [-0.2, 0) is 0 Å². The maximum atomic E-state index is 3.62. The van der Waals surface area contributed by atoms with Crippen LogP contribution in [0.5, 0.6) is 0 Å². The second kappa shape index (κ2) is 4.28. The second-order valence-corrected chi connectivity index (χ2v) is 4.91. The smallest absolute Gasteiger partial charge is 0.0212 e. The first kappa shape index (κ1) is 10.8. The van der Waals surface area contributed by atoms with Gasteiger partial charge >= 0.3 is 0 Å². The molecule has 1 heteroatoms. The summed E-state index contributed by atoms with van der Waals surface area (Å²) in [6.45, 7) is 8.97. The molecule has 0 N–H and O–H groups in total. The highest BCUT2D eigenvalue weighted by atomic mass is 79.9. The molecule has 72 valence electrons. The average Bonchev–Trinajstić information content (AvgIpc) is 2.02. The van der Waals surface area contributed by atoms with Gasteiger partial charge in [-0.1, -0.05) is 55.8 Å². The molecule has 0 fully saturated rings. The Hall–Kier alpha value is -0.300. The molecule has 0 bridgehead atoms. The molecule has 0 atom stereocenters. The summed E-state index contributed by atoms with van der Waals surface area (Å²) >= 11 is 3.62. The van der Waals surface area contributed by atoms with E-state index in [1.54, 1.807) is 0 Å². The van der Waals surface area contributed by atoms with E-state index in [4.69, 9.17) is 0 Å². The fraction of sp³-hybridized carbons (Fsp3) is 0.500. The SMILES string of the molecule is CC(C)c1cccc(Br)c1C(C)C. The molecule has 1 rings (SSSR count). The first-order valence-electron chi connectivity index (χ1n) is 4.82. The molecular weight excluding hydrogens is 224 g/mol. The number of hydrogen-bond donors (Lipinski definition) is 0. The number of benzene rings is 1. The van der Waals surface area contributed by atoms with Crippen molar-refractivity contribution >= 4 is 15.9 Å². The molecule has 0 nitrogen and oxygen atoms in total. The molecule has 0 aliphatic rings. The lowest BCUT2D eigenvalue weighted by molar-refractivity contribution is 0.786. The first-order valence-corrected chi connectivity index (χ1v) is 5.61. The lowest BCUT2D eigenvalue weighted by Crippen LogP contribution is -1.99. The van der Waals surface area contributed by atoms with Gasteiger partial charge in [-0.25, -0.2) is 0 Å². The van der Waals surface area contributed by atoms with Gasteiger partial charge in [0.05, 0.1) is 0 Å². The molecule has 0 saturated carbocycles. The monoisotopic (exact) mass is 240 g/mol. The molecule has 0 aliphatic heterocycles. The lowest BCUT2D eigenvalue weighted by Gasteiger charge is -2.17. The highest BCUT2D eigenvalue weighted by Crippen LogP contribution is 2.32. The van der Waals surface area contributed by atoms with Crippen molar-refractivity contribution in [3.05, 3.63) is 33.8 Å². The zero-order valence-corrected chi connectivity index (χ0v) is 10.4. The van der Waals surface area contributed by atoms with E-state index < -0.39 is 0 Å². The fourth-order valence-corrected chi connectivity index (χ4v) is 2.51. The van der Waals surface area contributed by atoms with Crippen molar-refractivity contribution in [2.75, 3.05) is 0 Å². The lowest BCUT2D eigenvalue weighted by atomic mass is 9.91. The van der Waals surface area contributed by atoms with Crippen LogP contribution in [0.25, 0.3) is 0 Å². The third-order valence-electron chi connectivity index (χ3n) is 2.29. The van der Waals surface area contributed by atoms with Crippen molar-refractivity contribution < 1.29 is 0 Å². The highest BCUT2D eigenvalue weighted by molar-refractivity contribution is 9.10. The van der Waals surface area contributed by atoms with Gasteiger partial charge in [-0.15, -0.1) is 0 Å². The van der Waals surface area contributed by atoms with Gasteiger partial charge in [-0.05, 0) is 29.0 Å². The van der Waals surface area contributed by atoms with Crippen molar-refractivity contribution in [2.45, 2.75) is 39.5 Å². The van der Waals surface area contributed by atoms with Crippen LogP contribution in [0.4, 0.5) is 0 Å². The van der Waals surface area contributed by atoms with Gasteiger partial charge in [0.15, 0.2) is 0 Å². The number of halogens is 1. The van der Waals surface area contributed by atoms with Crippen LogP contribution in [0.3, 0.4) is 0 Å². The van der Waals surface area contributed by atoms with E-state index in [1.165, 1.54) is 15.6 Å². The highest BCUT2D eigenvalue weighted by Gasteiger charge is 2.12. The van der Waals surface area contributed by atoms with Crippen molar-refractivity contribution in [3.63, 3.8) is 0 Å². The Labute approximate surface area is 89.5 Å². The zero-order valence-electron chi connectivity index (χ0n) is 8.76. The van der Waals surface area contributed by atoms with E-state index in [2.05, 4.69) is 61.8 Å². The molecule has 13 heavy (non-hydrogen) atoms. The topological polar surface area (TPSA) is 0 Å². The van der Waals surface area contributed by atoms with Crippen LogP contribution < -0.4 is 0 Å². The molecule has 0 aromatic heterocycles. The normalized spacial score (nSPS) is 11.3. The molecule has 0 amide bonds. The van der Waals surface area contributed by atoms with Gasteiger partial charge in [-0.3, -0.25) is 0 Å². The summed E-state index contributed by atoms with van der Waals surface area (Å²) in [5, 5.41) is 0. The Morgan fingerprint density at radius 2 is 1.62 bits per heavy atom. The number of rotatable bonds is 2. The van der Waals surface area contributed by atoms with E-state index in [1.807, 2.05) is 0 Å². The Morgan fingerprint density at radius 3 is 2.00 bits per heavy atom. The van der Waals surface area contributed by atoms with Crippen LogP contribution in [0.15, 0.2) is 22.7 Å². The summed E-state index contributed by atoms with van der Waals surface area (Å²) in [4.78, 5) is 0. The predicted molar refractivity (Wildman–Crippen MR) is 62.3 cm³/mol. The third-order valence-corrected chi connectivity index (χ3v) is 2.98. The van der Waals surface area contributed by atoms with Gasteiger partial charge in [0.1, 0.15) is 0 Å². The van der Waals surface area contributed by atoms with E-state index in [-0.39, 0.29) is 0 Å². The Kier molecular flexibility index (Phi) is 3.55. The number of hydrogen-bond acceptors (Lipinski definition) is 0. The van der Waals surface area contributed by atoms with Gasteiger partial charge in [0.2, 0.25) is 0 Å². The second-order valence-electron chi connectivity index (χ2n) is 4.05. The first-order chi connectivity index (χ1) is 6.04. The van der Waals surface area contributed by atoms with E-state index in [0.29, 0.717) is 11.8 Å². The Bertz CT molecular complexity index is 287. The minimum absolute atomic E-state index is 0.591. The molecule has 1 aromatic rings. The van der Waals surface area contributed by atoms with Crippen LogP contribution in [0.2, 0.25) is 0 Å². The predicted octanol–water partition coefficient (Wildman–Crippen LogP) is 4.70. The van der Waals surface area contributed by atoms with E-state index >= 15 is 0 Å². The standard InChI is InChI=1S/C12H17Br/c1-8(2)10-6-5-7-11(13)12(10)9(3)4/h5-9H,1-4H3. The van der Waals surface area contributed by atoms with Gasteiger partial charge < -0.3 is 0 Å². The van der Waals surface area contributed by atoms with Crippen molar-refractivity contribution in [2.24, 2.45) is 0 Å². The summed E-state index contributed by atoms with van der Waals surface area (Å²) in [6, 6.07) is 6.47. The summed E-state index contributed by atoms with van der Waals surface area (Å²) in [7, 11) is 0. The quantitative estimate of drug-likeness (QED) is 0.704. The van der Waals surface area contributed by atoms with Gasteiger partial charge in [-0.2, -0.15) is 0 Å². The zero-order chi connectivity index (χ0) is 10.0. The minimum atomic E-state index is 0.591. The maximum absolute atomic E-state index is 3.62. The third kappa shape index (κ3) is 2.34. The molecule has 0 unspecified atom stereocenters. The summed E-state index contributed by atoms with van der Waals surface area (Å²) < 4.78 is 1.24. The minimum Gasteiger partial charge on any atom is -0.0608 e. The molecular formula is C12H17Br. The van der Waals surface area contributed by atoms with Crippen LogP contribution in [-0.4, -0.2) is 0 Å². The molecule has 0 radical (unpaired) electrons. The summed E-state index contributed by atoms with van der Waals surface area (Å²) in [5.74, 6) is 1.20. The summed E-state index contributed by atoms with van der Waals surface area (Å²) in [5.41, 5.74) is 2.92. The molecule has 1 aromatic carbocycles. The van der Waals surface area contributed by atoms with E-state index in [0.717, 1.165) is 0 Å². The van der Waals surface area contributed by atoms with Crippen molar-refractivity contribution in [1.82, 2.24) is 0 Å². The van der Waals surface area contributed by atoms with Gasteiger partial charge in [0.25, 0.3) is 0 Å².